The van der Waals surface area contributed by atoms with Gasteiger partial charge in [0.1, 0.15) is 0 Å². The summed E-state index contributed by atoms with van der Waals surface area (Å²) in [5.74, 6) is 0.103. The van der Waals surface area contributed by atoms with Crippen molar-refractivity contribution in [1.29, 1.82) is 0 Å². The van der Waals surface area contributed by atoms with Crippen molar-refractivity contribution in [2.45, 2.75) is 6.54 Å². The van der Waals surface area contributed by atoms with Gasteiger partial charge in [-0.2, -0.15) is 12.6 Å². The van der Waals surface area contributed by atoms with Crippen LogP contribution < -0.4 is 10.6 Å². The van der Waals surface area contributed by atoms with Gasteiger partial charge in [0.15, 0.2) is 0 Å². The second kappa shape index (κ2) is 6.42. The molecule has 0 aromatic heterocycles. The molecule has 0 aliphatic carbocycles. The van der Waals surface area contributed by atoms with E-state index in [2.05, 4.69) is 23.3 Å². The highest BCUT2D eigenvalue weighted by molar-refractivity contribution is 7.80. The van der Waals surface area contributed by atoms with Crippen LogP contribution in [-0.4, -0.2) is 41.6 Å². The number of nitrogens with zero attached hydrogens (tertiary/aromatic N) is 1. The molecule has 2 N–H and O–H groups in total. The van der Waals surface area contributed by atoms with Crippen molar-refractivity contribution in [3.63, 3.8) is 0 Å². The topological polar surface area (TPSA) is 78.5 Å². The number of hydrogen-bond donors (Lipinski definition) is 3. The van der Waals surface area contributed by atoms with Gasteiger partial charge < -0.3 is 10.6 Å². The third kappa shape index (κ3) is 3.30. The summed E-state index contributed by atoms with van der Waals surface area (Å²) >= 11 is 4.02. The van der Waals surface area contributed by atoms with E-state index in [9.17, 15) is 14.4 Å². The van der Waals surface area contributed by atoms with Crippen molar-refractivity contribution >= 4 is 30.5 Å². The van der Waals surface area contributed by atoms with Gasteiger partial charge in [-0.25, -0.2) is 4.79 Å². The van der Waals surface area contributed by atoms with Crippen LogP contribution in [-0.2, 0) is 11.3 Å². The Labute approximate surface area is 121 Å². The molecule has 1 saturated heterocycles. The number of urea groups is 1. The van der Waals surface area contributed by atoms with Crippen LogP contribution in [0.4, 0.5) is 4.79 Å². The number of amides is 4. The fourth-order valence-electron chi connectivity index (χ4n) is 1.88. The molecule has 4 amide bonds. The summed E-state index contributed by atoms with van der Waals surface area (Å²) in [6, 6.07) is 6.45. The van der Waals surface area contributed by atoms with Crippen molar-refractivity contribution in [3.05, 3.63) is 35.4 Å². The molecular formula is C13H15N3O3S. The second-order valence-electron chi connectivity index (χ2n) is 4.32. The monoisotopic (exact) mass is 293 g/mol. The summed E-state index contributed by atoms with van der Waals surface area (Å²) in [5, 5.41) is 5.17. The zero-order valence-corrected chi connectivity index (χ0v) is 11.7. The van der Waals surface area contributed by atoms with Gasteiger partial charge in [0.2, 0.25) is 5.91 Å². The first-order valence-corrected chi connectivity index (χ1v) is 6.81. The average Bonchev–Trinajstić information content (AvgIpc) is 2.77. The van der Waals surface area contributed by atoms with Gasteiger partial charge in [-0.1, -0.05) is 12.1 Å². The summed E-state index contributed by atoms with van der Waals surface area (Å²) in [4.78, 5) is 35.9. The lowest BCUT2D eigenvalue weighted by Gasteiger charge is -2.13. The summed E-state index contributed by atoms with van der Waals surface area (Å²) in [6.45, 7) is 0.679. The number of hydrogen-bond acceptors (Lipinski definition) is 4. The second-order valence-corrected chi connectivity index (χ2v) is 4.77. The molecule has 1 aliphatic heterocycles. The molecule has 0 atom stereocenters. The van der Waals surface area contributed by atoms with E-state index in [1.165, 1.54) is 0 Å². The molecule has 2 rings (SSSR count). The molecule has 1 aromatic carbocycles. The Morgan fingerprint density at radius 2 is 2.20 bits per heavy atom. The third-order valence-electron chi connectivity index (χ3n) is 2.86. The van der Waals surface area contributed by atoms with Crippen molar-refractivity contribution in [1.82, 2.24) is 15.5 Å². The van der Waals surface area contributed by atoms with Crippen LogP contribution in [0.1, 0.15) is 15.9 Å². The maximum Gasteiger partial charge on any atom is 0.324 e. The highest BCUT2D eigenvalue weighted by Crippen LogP contribution is 2.11. The average molecular weight is 293 g/mol. The van der Waals surface area contributed by atoms with Gasteiger partial charge >= 0.3 is 6.03 Å². The number of imide groups is 1. The Kier molecular flexibility index (Phi) is 4.62. The highest BCUT2D eigenvalue weighted by atomic mass is 32.1. The minimum absolute atomic E-state index is 0.0287. The molecule has 0 saturated carbocycles. The molecule has 6 nitrogen and oxygen atoms in total. The number of nitrogens with one attached hydrogen (secondary N) is 2. The molecule has 1 heterocycles. The number of carbonyl (C=O) groups is 3. The van der Waals surface area contributed by atoms with Crippen LogP contribution in [0, 0.1) is 0 Å². The molecule has 0 bridgehead atoms. The Balaban J connectivity index is 2.08. The third-order valence-corrected chi connectivity index (χ3v) is 3.09. The van der Waals surface area contributed by atoms with E-state index in [0.29, 0.717) is 17.9 Å². The molecule has 106 valence electrons. The van der Waals surface area contributed by atoms with E-state index < -0.39 is 6.03 Å². The smallest absolute Gasteiger partial charge is 0.324 e. The standard InChI is InChI=1S/C13H15N3O3S/c17-11-7-15-13(19)16(11)8-9-2-1-3-10(6-9)12(18)14-4-5-20/h1-3,6,20H,4-5,7-8H2,(H,14,18)(H,15,19). The Morgan fingerprint density at radius 3 is 2.85 bits per heavy atom. The molecule has 0 radical (unpaired) electrons. The van der Waals surface area contributed by atoms with E-state index in [4.69, 9.17) is 0 Å². The number of rotatable bonds is 5. The molecule has 1 aliphatic rings. The highest BCUT2D eigenvalue weighted by Gasteiger charge is 2.28. The molecule has 20 heavy (non-hydrogen) atoms. The Hall–Kier alpha value is -2.02. The largest absolute Gasteiger partial charge is 0.351 e. The molecule has 0 spiro atoms. The van der Waals surface area contributed by atoms with Crippen molar-refractivity contribution in [2.24, 2.45) is 0 Å². The predicted octanol–water partition coefficient (Wildman–Crippen LogP) is 0.398. The number of thiol groups is 1. The maximum absolute atomic E-state index is 11.8. The molecule has 1 aromatic rings. The van der Waals surface area contributed by atoms with E-state index in [1.807, 2.05) is 0 Å². The lowest BCUT2D eigenvalue weighted by molar-refractivity contribution is -0.125. The zero-order valence-electron chi connectivity index (χ0n) is 10.8. The first-order valence-electron chi connectivity index (χ1n) is 6.18. The number of carbonyl (C=O) groups excluding carboxylic acids is 3. The Morgan fingerprint density at radius 1 is 1.40 bits per heavy atom. The first-order chi connectivity index (χ1) is 9.61. The fraction of sp³-hybridized carbons (Fsp3) is 0.308. The van der Waals surface area contributed by atoms with Gasteiger partial charge in [-0.15, -0.1) is 0 Å². The summed E-state index contributed by atoms with van der Waals surface area (Å²) in [7, 11) is 0. The summed E-state index contributed by atoms with van der Waals surface area (Å²) < 4.78 is 0. The minimum Gasteiger partial charge on any atom is -0.351 e. The maximum atomic E-state index is 11.8. The van der Waals surface area contributed by atoms with Gasteiger partial charge in [0.25, 0.3) is 5.91 Å². The van der Waals surface area contributed by atoms with Gasteiger partial charge in [-0.3, -0.25) is 14.5 Å². The van der Waals surface area contributed by atoms with Crippen LogP contribution in [0.25, 0.3) is 0 Å². The zero-order chi connectivity index (χ0) is 14.5. The van der Waals surface area contributed by atoms with Crippen LogP contribution in [0.5, 0.6) is 0 Å². The predicted molar refractivity (Wildman–Crippen MR) is 76.6 cm³/mol. The summed E-state index contributed by atoms with van der Waals surface area (Å²) in [5.41, 5.74) is 1.23. The van der Waals surface area contributed by atoms with Gasteiger partial charge in [0, 0.05) is 17.9 Å². The quantitative estimate of drug-likeness (QED) is 0.543. The number of benzene rings is 1. The van der Waals surface area contributed by atoms with Crippen LogP contribution in [0.3, 0.4) is 0 Å². The van der Waals surface area contributed by atoms with Gasteiger partial charge in [-0.05, 0) is 17.7 Å². The summed E-state index contributed by atoms with van der Waals surface area (Å²) in [6.07, 6.45) is 0. The Bertz CT molecular complexity index is 531. The van der Waals surface area contributed by atoms with E-state index in [0.717, 1.165) is 10.5 Å². The van der Waals surface area contributed by atoms with Crippen molar-refractivity contribution in [2.75, 3.05) is 18.8 Å². The van der Waals surface area contributed by atoms with E-state index >= 15 is 0 Å². The van der Waals surface area contributed by atoms with Crippen molar-refractivity contribution < 1.29 is 14.4 Å². The van der Waals surface area contributed by atoms with E-state index in [-0.39, 0.29) is 24.9 Å². The molecular weight excluding hydrogens is 278 g/mol. The van der Waals surface area contributed by atoms with Crippen LogP contribution in [0.15, 0.2) is 24.3 Å². The molecule has 7 heteroatoms. The fourth-order valence-corrected chi connectivity index (χ4v) is 1.99. The lowest BCUT2D eigenvalue weighted by Crippen LogP contribution is -2.30. The first kappa shape index (κ1) is 14.4. The van der Waals surface area contributed by atoms with Crippen LogP contribution in [0.2, 0.25) is 0 Å². The van der Waals surface area contributed by atoms with Crippen molar-refractivity contribution in [3.8, 4) is 0 Å². The van der Waals surface area contributed by atoms with E-state index in [1.54, 1.807) is 24.3 Å². The normalized spacial score (nSPS) is 14.3. The minimum atomic E-state index is -0.403. The van der Waals surface area contributed by atoms with Gasteiger partial charge in [0.05, 0.1) is 13.1 Å². The SMILES string of the molecule is O=C(NCCS)c1cccc(CN2C(=O)CNC2=O)c1. The van der Waals surface area contributed by atoms with Crippen LogP contribution >= 0.6 is 12.6 Å². The molecule has 1 fully saturated rings. The lowest BCUT2D eigenvalue weighted by atomic mass is 10.1. The molecule has 0 unspecified atom stereocenters.